The molecule has 1 aliphatic heterocycles. The van der Waals surface area contributed by atoms with E-state index in [1.165, 1.54) is 32.4 Å². The van der Waals surface area contributed by atoms with Gasteiger partial charge in [-0.15, -0.1) is 5.10 Å². The van der Waals surface area contributed by atoms with Crippen LogP contribution in [0.1, 0.15) is 19.3 Å². The lowest BCUT2D eigenvalue weighted by molar-refractivity contribution is 0.180. The molecule has 1 fully saturated rings. The van der Waals surface area contributed by atoms with Gasteiger partial charge in [0.1, 0.15) is 6.61 Å². The van der Waals surface area contributed by atoms with Crippen molar-refractivity contribution in [2.75, 3.05) is 26.2 Å². The van der Waals surface area contributed by atoms with Gasteiger partial charge in [-0.3, -0.25) is 4.90 Å². The number of hydrogen-bond acceptors (Lipinski definition) is 3. The lowest BCUT2D eigenvalue weighted by Crippen LogP contribution is -2.33. The first-order chi connectivity index (χ1) is 12.9. The van der Waals surface area contributed by atoms with Crippen LogP contribution < -0.4 is 4.74 Å². The highest BCUT2D eigenvalue weighted by Gasteiger charge is 2.15. The number of ether oxygens (including phenoxy) is 1. The maximum Gasteiger partial charge on any atom is 0.241 e. The van der Waals surface area contributed by atoms with Gasteiger partial charge in [0.25, 0.3) is 0 Å². The predicted octanol–water partition coefficient (Wildman–Crippen LogP) is 4.40. The molecule has 4 rings (SSSR count). The molecular weight excluding hydrogens is 322 g/mol. The van der Waals surface area contributed by atoms with Gasteiger partial charge in [-0.2, -0.15) is 0 Å². The van der Waals surface area contributed by atoms with Crippen molar-refractivity contribution in [2.24, 2.45) is 0 Å². The highest BCUT2D eigenvalue weighted by molar-refractivity contribution is 5.68. The third kappa shape index (κ3) is 3.97. The lowest BCUT2D eigenvalue weighted by atomic mass is 10.1. The maximum atomic E-state index is 6.12. The van der Waals surface area contributed by atoms with E-state index in [0.717, 1.165) is 23.4 Å². The van der Waals surface area contributed by atoms with Gasteiger partial charge >= 0.3 is 0 Å². The minimum absolute atomic E-state index is 0.672. The number of para-hydroxylation sites is 1. The van der Waals surface area contributed by atoms with Crippen molar-refractivity contribution in [1.29, 1.82) is 0 Å². The van der Waals surface area contributed by atoms with Crippen LogP contribution >= 0.6 is 0 Å². The van der Waals surface area contributed by atoms with Crippen LogP contribution in [0, 0.1) is 0 Å². The van der Waals surface area contributed by atoms with Crippen LogP contribution in [0.15, 0.2) is 66.9 Å². The summed E-state index contributed by atoms with van der Waals surface area (Å²) in [5, 5.41) is 4.72. The zero-order valence-electron chi connectivity index (χ0n) is 15.1. The summed E-state index contributed by atoms with van der Waals surface area (Å²) < 4.78 is 8.02. The molecule has 26 heavy (non-hydrogen) atoms. The van der Waals surface area contributed by atoms with Crippen molar-refractivity contribution in [3.63, 3.8) is 0 Å². The molecule has 4 nitrogen and oxygen atoms in total. The zero-order chi connectivity index (χ0) is 17.6. The Morgan fingerprint density at radius 3 is 2.27 bits per heavy atom. The summed E-state index contributed by atoms with van der Waals surface area (Å²) in [6.45, 7) is 4.01. The Labute approximate surface area is 155 Å². The van der Waals surface area contributed by atoms with Crippen molar-refractivity contribution in [3.8, 4) is 22.7 Å². The van der Waals surface area contributed by atoms with Gasteiger partial charge in [-0.1, -0.05) is 55.0 Å². The highest BCUT2D eigenvalue weighted by Crippen LogP contribution is 2.30. The van der Waals surface area contributed by atoms with Crippen molar-refractivity contribution in [2.45, 2.75) is 19.3 Å². The molecule has 1 saturated heterocycles. The first kappa shape index (κ1) is 16.9. The third-order valence-corrected chi connectivity index (χ3v) is 4.88. The van der Waals surface area contributed by atoms with Crippen LogP contribution in [0.4, 0.5) is 0 Å². The molecule has 0 atom stereocenters. The Balaban J connectivity index is 1.54. The van der Waals surface area contributed by atoms with E-state index in [1.807, 2.05) is 41.1 Å². The molecule has 0 unspecified atom stereocenters. The van der Waals surface area contributed by atoms with E-state index in [1.54, 1.807) is 0 Å². The minimum atomic E-state index is 0.672. The second-order valence-electron chi connectivity index (χ2n) is 6.74. The Morgan fingerprint density at radius 1 is 0.846 bits per heavy atom. The lowest BCUT2D eigenvalue weighted by Gasteiger charge is -2.26. The van der Waals surface area contributed by atoms with E-state index in [-0.39, 0.29) is 0 Å². The second-order valence-corrected chi connectivity index (χ2v) is 6.74. The van der Waals surface area contributed by atoms with E-state index >= 15 is 0 Å². The van der Waals surface area contributed by atoms with E-state index in [2.05, 4.69) is 35.4 Å². The predicted molar refractivity (Wildman–Crippen MR) is 105 cm³/mol. The second kappa shape index (κ2) is 8.19. The molecule has 3 aromatic rings. The zero-order valence-corrected chi connectivity index (χ0v) is 15.1. The summed E-state index contributed by atoms with van der Waals surface area (Å²) >= 11 is 0. The van der Waals surface area contributed by atoms with Crippen LogP contribution in [0.3, 0.4) is 0 Å². The first-order valence-corrected chi connectivity index (χ1v) is 9.46. The largest absolute Gasteiger partial charge is 0.475 e. The Kier molecular flexibility index (Phi) is 5.31. The fraction of sp³-hybridized carbons (Fsp3) is 0.318. The van der Waals surface area contributed by atoms with Gasteiger partial charge in [-0.05, 0) is 43.6 Å². The average Bonchev–Trinajstić information content (AvgIpc) is 3.14. The van der Waals surface area contributed by atoms with E-state index in [9.17, 15) is 0 Å². The molecule has 1 aliphatic rings. The Hall–Kier alpha value is -2.59. The molecule has 4 heteroatoms. The number of hydrogen-bond donors (Lipinski definition) is 0. The SMILES string of the molecule is c1ccc(-c2cn(-c3ccccc3)nc2OCCN2CCCCC2)cc1. The fourth-order valence-electron chi connectivity index (χ4n) is 3.45. The number of rotatable bonds is 6. The van der Waals surface area contributed by atoms with Crippen LogP contribution in [-0.4, -0.2) is 40.9 Å². The summed E-state index contributed by atoms with van der Waals surface area (Å²) in [6.07, 6.45) is 6.02. The van der Waals surface area contributed by atoms with Gasteiger partial charge in [0, 0.05) is 12.7 Å². The Bertz CT molecular complexity index is 808. The third-order valence-electron chi connectivity index (χ3n) is 4.88. The number of likely N-dealkylation sites (tertiary alicyclic amines) is 1. The normalized spacial score (nSPS) is 15.1. The van der Waals surface area contributed by atoms with Crippen LogP contribution in [0.25, 0.3) is 16.8 Å². The van der Waals surface area contributed by atoms with Gasteiger partial charge in [0.2, 0.25) is 5.88 Å². The van der Waals surface area contributed by atoms with E-state index in [0.29, 0.717) is 12.5 Å². The molecule has 2 heterocycles. The summed E-state index contributed by atoms with van der Waals surface area (Å²) in [5.41, 5.74) is 3.20. The van der Waals surface area contributed by atoms with Crippen LogP contribution in [0.5, 0.6) is 5.88 Å². The van der Waals surface area contributed by atoms with Crippen molar-refractivity contribution < 1.29 is 4.74 Å². The molecule has 1 aromatic heterocycles. The summed E-state index contributed by atoms with van der Waals surface area (Å²) in [7, 11) is 0. The minimum Gasteiger partial charge on any atom is -0.475 e. The molecule has 0 bridgehead atoms. The number of aromatic nitrogens is 2. The topological polar surface area (TPSA) is 30.3 Å². The number of nitrogens with zero attached hydrogens (tertiary/aromatic N) is 3. The molecule has 2 aromatic carbocycles. The van der Waals surface area contributed by atoms with Gasteiger partial charge in [0.15, 0.2) is 0 Å². The van der Waals surface area contributed by atoms with Gasteiger partial charge in [0.05, 0.1) is 11.3 Å². The van der Waals surface area contributed by atoms with Gasteiger partial charge < -0.3 is 4.74 Å². The molecule has 0 spiro atoms. The molecule has 0 saturated carbocycles. The standard InChI is InChI=1S/C22H25N3O/c1-4-10-19(11-5-1)21-18-25(20-12-6-2-7-13-20)23-22(21)26-17-16-24-14-8-3-9-15-24/h1-2,4-7,10-13,18H,3,8-9,14-17H2. The van der Waals surface area contributed by atoms with Crippen LogP contribution in [-0.2, 0) is 0 Å². The molecular formula is C22H25N3O. The quantitative estimate of drug-likeness (QED) is 0.662. The van der Waals surface area contributed by atoms with Crippen molar-refractivity contribution >= 4 is 0 Å². The maximum absolute atomic E-state index is 6.12. The fourth-order valence-corrected chi connectivity index (χ4v) is 3.45. The first-order valence-electron chi connectivity index (χ1n) is 9.46. The van der Waals surface area contributed by atoms with Gasteiger partial charge in [-0.25, -0.2) is 4.68 Å². The molecule has 0 radical (unpaired) electrons. The summed E-state index contributed by atoms with van der Waals surface area (Å²) in [4.78, 5) is 2.49. The number of piperidine rings is 1. The van der Waals surface area contributed by atoms with Crippen molar-refractivity contribution in [3.05, 3.63) is 66.9 Å². The van der Waals surface area contributed by atoms with Crippen molar-refractivity contribution in [1.82, 2.24) is 14.7 Å². The smallest absolute Gasteiger partial charge is 0.241 e. The molecule has 0 N–H and O–H groups in total. The summed E-state index contributed by atoms with van der Waals surface area (Å²) in [6, 6.07) is 20.5. The molecule has 134 valence electrons. The average molecular weight is 347 g/mol. The monoisotopic (exact) mass is 347 g/mol. The molecule has 0 amide bonds. The Morgan fingerprint density at radius 2 is 1.54 bits per heavy atom. The van der Waals surface area contributed by atoms with E-state index < -0.39 is 0 Å². The van der Waals surface area contributed by atoms with Crippen LogP contribution in [0.2, 0.25) is 0 Å². The molecule has 0 aliphatic carbocycles. The number of benzene rings is 2. The highest BCUT2D eigenvalue weighted by atomic mass is 16.5. The van der Waals surface area contributed by atoms with E-state index in [4.69, 9.17) is 9.84 Å². The summed E-state index contributed by atoms with van der Waals surface area (Å²) in [5.74, 6) is 0.706.